The van der Waals surface area contributed by atoms with Gasteiger partial charge in [0.2, 0.25) is 0 Å². The second kappa shape index (κ2) is 6.19. The molecule has 0 aliphatic carbocycles. The minimum atomic E-state index is -0.233. The van der Waals surface area contributed by atoms with E-state index in [-0.39, 0.29) is 11.9 Å². The Balaban J connectivity index is 1.92. The average molecular weight is 366 g/mol. The standard InChI is InChI=1S/C15H13BrFN3S/c16-11-1-2-12(17)9(5-11)6-14(20-18)10-7-15-13(19-8-10)3-4-21-15/h1-5,7-8,14,20H,6,18H2. The molecule has 0 aliphatic heterocycles. The zero-order chi connectivity index (χ0) is 14.8. The second-order valence-corrected chi connectivity index (χ2v) is 6.60. The summed E-state index contributed by atoms with van der Waals surface area (Å²) in [6.45, 7) is 0. The summed E-state index contributed by atoms with van der Waals surface area (Å²) in [5, 5.41) is 2.00. The fourth-order valence-corrected chi connectivity index (χ4v) is 3.44. The molecule has 0 saturated heterocycles. The summed E-state index contributed by atoms with van der Waals surface area (Å²) in [5.74, 6) is 5.42. The molecule has 0 radical (unpaired) electrons. The van der Waals surface area contributed by atoms with E-state index in [9.17, 15) is 4.39 Å². The van der Waals surface area contributed by atoms with Crippen molar-refractivity contribution < 1.29 is 4.39 Å². The van der Waals surface area contributed by atoms with Crippen molar-refractivity contribution >= 4 is 37.5 Å². The predicted octanol–water partition coefficient (Wildman–Crippen LogP) is 3.95. The van der Waals surface area contributed by atoms with Crippen LogP contribution in [-0.2, 0) is 6.42 Å². The molecule has 1 unspecified atom stereocenters. The molecule has 3 aromatic rings. The summed E-state index contributed by atoms with van der Waals surface area (Å²) in [6.07, 6.45) is 2.25. The Labute approximate surface area is 134 Å². The van der Waals surface area contributed by atoms with Gasteiger partial charge in [-0.15, -0.1) is 11.3 Å². The molecule has 21 heavy (non-hydrogen) atoms. The molecule has 2 aromatic heterocycles. The van der Waals surface area contributed by atoms with E-state index in [1.165, 1.54) is 6.07 Å². The van der Waals surface area contributed by atoms with Gasteiger partial charge in [0.05, 0.1) is 16.3 Å². The molecule has 0 amide bonds. The Morgan fingerprint density at radius 3 is 3.00 bits per heavy atom. The maximum absolute atomic E-state index is 13.9. The van der Waals surface area contributed by atoms with Crippen LogP contribution >= 0.6 is 27.3 Å². The first-order valence-electron chi connectivity index (χ1n) is 6.40. The van der Waals surface area contributed by atoms with Crippen molar-refractivity contribution in [3.8, 4) is 0 Å². The van der Waals surface area contributed by atoms with Crippen LogP contribution < -0.4 is 11.3 Å². The second-order valence-electron chi connectivity index (χ2n) is 4.73. The van der Waals surface area contributed by atoms with Crippen LogP contribution in [0, 0.1) is 5.82 Å². The van der Waals surface area contributed by atoms with Crippen LogP contribution in [0.5, 0.6) is 0 Å². The van der Waals surface area contributed by atoms with Crippen molar-refractivity contribution in [2.45, 2.75) is 12.5 Å². The van der Waals surface area contributed by atoms with Crippen LogP contribution in [0.15, 0.2) is 46.4 Å². The quantitative estimate of drug-likeness (QED) is 0.543. The summed E-state index contributed by atoms with van der Waals surface area (Å²) in [7, 11) is 0. The number of nitrogens with zero attached hydrogens (tertiary/aromatic N) is 1. The Morgan fingerprint density at radius 2 is 2.19 bits per heavy atom. The van der Waals surface area contributed by atoms with Crippen molar-refractivity contribution in [1.29, 1.82) is 0 Å². The Hall–Kier alpha value is -1.34. The van der Waals surface area contributed by atoms with Crippen molar-refractivity contribution in [3.05, 3.63) is 63.3 Å². The molecule has 0 bridgehead atoms. The topological polar surface area (TPSA) is 50.9 Å². The number of pyridine rings is 1. The van der Waals surface area contributed by atoms with Gasteiger partial charge in [0.25, 0.3) is 0 Å². The van der Waals surface area contributed by atoms with Gasteiger partial charge in [-0.25, -0.2) is 4.39 Å². The number of hydrogen-bond acceptors (Lipinski definition) is 4. The smallest absolute Gasteiger partial charge is 0.126 e. The SMILES string of the molecule is NNC(Cc1cc(Br)ccc1F)c1cnc2ccsc2c1. The highest BCUT2D eigenvalue weighted by Crippen LogP contribution is 2.26. The Morgan fingerprint density at radius 1 is 1.33 bits per heavy atom. The van der Waals surface area contributed by atoms with E-state index in [1.807, 2.05) is 17.5 Å². The number of hydrazine groups is 1. The molecule has 0 spiro atoms. The number of rotatable bonds is 4. The van der Waals surface area contributed by atoms with Gasteiger partial charge < -0.3 is 0 Å². The van der Waals surface area contributed by atoms with Crippen LogP contribution in [0.3, 0.4) is 0 Å². The third-order valence-corrected chi connectivity index (χ3v) is 4.71. The van der Waals surface area contributed by atoms with Gasteiger partial charge in [0.1, 0.15) is 5.82 Å². The number of nitrogens with one attached hydrogen (secondary N) is 1. The molecule has 3 N–H and O–H groups in total. The first-order chi connectivity index (χ1) is 10.2. The van der Waals surface area contributed by atoms with Gasteiger partial charge in [-0.05, 0) is 53.3 Å². The lowest BCUT2D eigenvalue weighted by Crippen LogP contribution is -2.29. The lowest BCUT2D eigenvalue weighted by Gasteiger charge is -2.17. The van der Waals surface area contributed by atoms with Crippen molar-refractivity contribution in [2.24, 2.45) is 5.84 Å². The summed E-state index contributed by atoms with van der Waals surface area (Å²) in [6, 6.07) is 8.75. The van der Waals surface area contributed by atoms with Crippen LogP contribution in [0.2, 0.25) is 0 Å². The average Bonchev–Trinajstić information content (AvgIpc) is 2.95. The Kier molecular flexibility index (Phi) is 4.30. The first-order valence-corrected chi connectivity index (χ1v) is 8.08. The summed E-state index contributed by atoms with van der Waals surface area (Å²) >= 11 is 4.99. The van der Waals surface area contributed by atoms with E-state index < -0.39 is 0 Å². The molecule has 1 atom stereocenters. The molecule has 3 rings (SSSR count). The fourth-order valence-electron chi connectivity index (χ4n) is 2.24. The van der Waals surface area contributed by atoms with Gasteiger partial charge in [-0.3, -0.25) is 16.3 Å². The molecule has 0 aliphatic rings. The number of fused-ring (bicyclic) bond motifs is 1. The van der Waals surface area contributed by atoms with Crippen LogP contribution in [-0.4, -0.2) is 4.98 Å². The zero-order valence-electron chi connectivity index (χ0n) is 11.0. The van der Waals surface area contributed by atoms with Gasteiger partial charge >= 0.3 is 0 Å². The van der Waals surface area contributed by atoms with E-state index in [1.54, 1.807) is 29.7 Å². The summed E-state index contributed by atoms with van der Waals surface area (Å²) < 4.78 is 15.8. The maximum Gasteiger partial charge on any atom is 0.126 e. The van der Waals surface area contributed by atoms with E-state index in [0.29, 0.717) is 12.0 Å². The fraction of sp³-hybridized carbons (Fsp3) is 0.133. The van der Waals surface area contributed by atoms with Crippen LogP contribution in [0.25, 0.3) is 10.2 Å². The highest BCUT2D eigenvalue weighted by Gasteiger charge is 2.15. The minimum absolute atomic E-state index is 0.187. The van der Waals surface area contributed by atoms with Gasteiger partial charge in [0.15, 0.2) is 0 Å². The number of halogens is 2. The lowest BCUT2D eigenvalue weighted by atomic mass is 10.0. The van der Waals surface area contributed by atoms with E-state index in [4.69, 9.17) is 5.84 Å². The lowest BCUT2D eigenvalue weighted by molar-refractivity contribution is 0.528. The number of hydrogen-bond donors (Lipinski definition) is 2. The zero-order valence-corrected chi connectivity index (χ0v) is 13.4. The van der Waals surface area contributed by atoms with Crippen molar-refractivity contribution in [1.82, 2.24) is 10.4 Å². The van der Waals surface area contributed by atoms with Crippen LogP contribution in [0.4, 0.5) is 4.39 Å². The number of thiophene rings is 1. The third kappa shape index (κ3) is 3.13. The summed E-state index contributed by atoms with van der Waals surface area (Å²) in [5.41, 5.74) is 5.28. The number of nitrogens with two attached hydrogens (primary N) is 1. The predicted molar refractivity (Wildman–Crippen MR) is 87.5 cm³/mol. The van der Waals surface area contributed by atoms with Crippen LogP contribution in [0.1, 0.15) is 17.2 Å². The van der Waals surface area contributed by atoms with E-state index in [2.05, 4.69) is 26.3 Å². The third-order valence-electron chi connectivity index (χ3n) is 3.36. The Bertz CT molecular complexity index is 774. The minimum Gasteiger partial charge on any atom is -0.271 e. The van der Waals surface area contributed by atoms with Gasteiger partial charge in [0, 0.05) is 10.7 Å². The summed E-state index contributed by atoms with van der Waals surface area (Å²) in [4.78, 5) is 4.40. The monoisotopic (exact) mass is 365 g/mol. The molecular weight excluding hydrogens is 353 g/mol. The molecule has 3 nitrogen and oxygen atoms in total. The van der Waals surface area contributed by atoms with Gasteiger partial charge in [-0.2, -0.15) is 0 Å². The highest BCUT2D eigenvalue weighted by molar-refractivity contribution is 9.10. The van der Waals surface area contributed by atoms with E-state index >= 15 is 0 Å². The van der Waals surface area contributed by atoms with Crippen molar-refractivity contribution in [2.75, 3.05) is 0 Å². The molecule has 6 heteroatoms. The van der Waals surface area contributed by atoms with Gasteiger partial charge in [-0.1, -0.05) is 15.9 Å². The molecule has 108 valence electrons. The van der Waals surface area contributed by atoms with E-state index in [0.717, 1.165) is 20.3 Å². The molecule has 1 aromatic carbocycles. The molecular formula is C15H13BrFN3S. The molecule has 0 saturated carbocycles. The molecule has 2 heterocycles. The first kappa shape index (κ1) is 14.6. The largest absolute Gasteiger partial charge is 0.271 e. The highest BCUT2D eigenvalue weighted by atomic mass is 79.9. The molecule has 0 fully saturated rings. The van der Waals surface area contributed by atoms with Crippen molar-refractivity contribution in [3.63, 3.8) is 0 Å². The number of aromatic nitrogens is 1. The normalized spacial score (nSPS) is 12.7. The number of benzene rings is 1. The maximum atomic E-state index is 13.9.